The quantitative estimate of drug-likeness (QED) is 0.366. The number of aliphatic hydroxyl groups is 1. The number of rotatable bonds is 8. The predicted molar refractivity (Wildman–Crippen MR) is 170 cm³/mol. The molecular weight excluding hydrogens is 622 g/mol. The summed E-state index contributed by atoms with van der Waals surface area (Å²) in [6.45, 7) is 5.26. The summed E-state index contributed by atoms with van der Waals surface area (Å²) in [5.41, 5.74) is 2.01. The molecule has 2 aliphatic rings. The van der Waals surface area contributed by atoms with E-state index < -0.39 is 30.6 Å². The van der Waals surface area contributed by atoms with Crippen LogP contribution in [-0.2, 0) is 4.79 Å². The van der Waals surface area contributed by atoms with Gasteiger partial charge in [0.15, 0.2) is 6.10 Å². The molecule has 3 atom stereocenters. The van der Waals surface area contributed by atoms with Crippen LogP contribution in [0.4, 0.5) is 26.1 Å². The molecule has 0 bridgehead atoms. The van der Waals surface area contributed by atoms with Crippen LogP contribution < -0.4 is 19.7 Å². The third-order valence-electron chi connectivity index (χ3n) is 7.96. The Morgan fingerprint density at radius 3 is 2.63 bits per heavy atom. The van der Waals surface area contributed by atoms with E-state index >= 15 is 0 Å². The van der Waals surface area contributed by atoms with Crippen molar-refractivity contribution < 1.29 is 28.2 Å². The van der Waals surface area contributed by atoms with E-state index in [0.29, 0.717) is 34.8 Å². The Labute approximate surface area is 272 Å². The summed E-state index contributed by atoms with van der Waals surface area (Å²) in [4.78, 5) is 30.8. The molecule has 0 aliphatic carbocycles. The van der Waals surface area contributed by atoms with E-state index in [2.05, 4.69) is 44.0 Å². The number of nitrogens with zero attached hydrogens (tertiary/aromatic N) is 7. The molecule has 2 N–H and O–H groups in total. The van der Waals surface area contributed by atoms with E-state index in [-0.39, 0.29) is 36.7 Å². The Hall–Kier alpha value is -4.32. The molecule has 1 aromatic carbocycles. The number of carbonyl (C=O) groups is 1. The standard InChI is InChI=1S/C31H36F2N8O4.ClH/c1-19-16-39(3)11-12-41(19)24-6-8-27(38-29(24)44-4)37-28-14-23(35-18-36-28)21-5-7-25(22(13-21)15-34)45-26-9-10-40(17-31(26,32)33)30(43)20(2)42;/h5-8,13-14,18-20,26,42H,9-12,16-17H2,1-4H3,(H,35,36,37,38);1H/t19-,20-,26?;/m1./s1. The number of pyridine rings is 1. The number of ether oxygens (including phenoxy) is 2. The van der Waals surface area contributed by atoms with Crippen molar-refractivity contribution in [3.63, 3.8) is 0 Å². The van der Waals surface area contributed by atoms with Gasteiger partial charge in [0.05, 0.1) is 24.9 Å². The fourth-order valence-corrected chi connectivity index (χ4v) is 5.63. The van der Waals surface area contributed by atoms with Crippen LogP contribution in [0, 0.1) is 11.3 Å². The first-order chi connectivity index (χ1) is 21.5. The predicted octanol–water partition coefficient (Wildman–Crippen LogP) is 3.72. The molecule has 1 unspecified atom stereocenters. The molecule has 2 fully saturated rings. The first-order valence-corrected chi connectivity index (χ1v) is 14.6. The lowest BCUT2D eigenvalue weighted by Crippen LogP contribution is -2.56. The number of alkyl halides is 2. The molecule has 46 heavy (non-hydrogen) atoms. The smallest absolute Gasteiger partial charge is 0.301 e. The van der Waals surface area contributed by atoms with Gasteiger partial charge < -0.3 is 34.6 Å². The van der Waals surface area contributed by atoms with E-state index in [1.165, 1.54) is 25.4 Å². The zero-order valence-electron chi connectivity index (χ0n) is 26.0. The number of benzene rings is 1. The second-order valence-corrected chi connectivity index (χ2v) is 11.4. The molecule has 2 saturated heterocycles. The highest BCUT2D eigenvalue weighted by molar-refractivity contribution is 5.85. The van der Waals surface area contributed by atoms with E-state index in [0.717, 1.165) is 30.2 Å². The number of amides is 1. The molecule has 0 spiro atoms. The normalized spacial score (nSPS) is 20.2. The van der Waals surface area contributed by atoms with Crippen LogP contribution in [-0.4, -0.2) is 107 Å². The number of methoxy groups -OCH3 is 1. The molecule has 2 aliphatic heterocycles. The minimum Gasteiger partial charge on any atom is -0.483 e. The van der Waals surface area contributed by atoms with Crippen molar-refractivity contribution in [3.05, 3.63) is 48.3 Å². The molecule has 12 nitrogen and oxygen atoms in total. The molecule has 4 heterocycles. The summed E-state index contributed by atoms with van der Waals surface area (Å²) in [6, 6.07) is 12.4. The van der Waals surface area contributed by atoms with Gasteiger partial charge in [0.1, 0.15) is 41.6 Å². The zero-order valence-corrected chi connectivity index (χ0v) is 26.8. The number of likely N-dealkylation sites (tertiary alicyclic amines) is 1. The number of aromatic nitrogens is 3. The Morgan fingerprint density at radius 1 is 1.17 bits per heavy atom. The summed E-state index contributed by atoms with van der Waals surface area (Å²) in [7, 11) is 3.69. The van der Waals surface area contributed by atoms with Crippen molar-refractivity contribution >= 4 is 35.6 Å². The van der Waals surface area contributed by atoms with E-state index in [1.54, 1.807) is 19.2 Å². The van der Waals surface area contributed by atoms with E-state index in [1.807, 2.05) is 18.2 Å². The molecule has 3 aromatic rings. The summed E-state index contributed by atoms with van der Waals surface area (Å²) in [5, 5.41) is 22.5. The van der Waals surface area contributed by atoms with Gasteiger partial charge >= 0.3 is 5.92 Å². The number of anilines is 3. The highest BCUT2D eigenvalue weighted by Crippen LogP contribution is 2.35. The van der Waals surface area contributed by atoms with Crippen LogP contribution >= 0.6 is 12.4 Å². The van der Waals surface area contributed by atoms with Gasteiger partial charge in [-0.1, -0.05) is 0 Å². The minimum atomic E-state index is -3.38. The molecule has 5 rings (SSSR count). The Balaban J connectivity index is 0.00000480. The number of piperidine rings is 1. The van der Waals surface area contributed by atoms with Gasteiger partial charge in [0.2, 0.25) is 5.88 Å². The van der Waals surface area contributed by atoms with Crippen LogP contribution in [0.5, 0.6) is 11.6 Å². The van der Waals surface area contributed by atoms with Crippen LogP contribution in [0.1, 0.15) is 25.8 Å². The van der Waals surface area contributed by atoms with E-state index in [9.17, 15) is 23.9 Å². The second-order valence-electron chi connectivity index (χ2n) is 11.4. The average molecular weight is 659 g/mol. The van der Waals surface area contributed by atoms with Crippen LogP contribution in [0.15, 0.2) is 42.7 Å². The van der Waals surface area contributed by atoms with Crippen molar-refractivity contribution in [2.75, 3.05) is 57.1 Å². The molecule has 15 heteroatoms. The number of halogens is 3. The molecular formula is C31H37ClF2N8O4. The molecule has 246 valence electrons. The molecule has 2 aromatic heterocycles. The third-order valence-corrected chi connectivity index (χ3v) is 7.96. The number of likely N-dealkylation sites (N-methyl/N-ethyl adjacent to an activating group) is 1. The zero-order chi connectivity index (χ0) is 32.3. The number of hydrogen-bond acceptors (Lipinski definition) is 11. The van der Waals surface area contributed by atoms with Crippen molar-refractivity contribution in [1.29, 1.82) is 5.26 Å². The summed E-state index contributed by atoms with van der Waals surface area (Å²) in [6.07, 6.45) is -1.70. The monoisotopic (exact) mass is 658 g/mol. The second kappa shape index (κ2) is 14.4. The van der Waals surface area contributed by atoms with Crippen molar-refractivity contribution in [2.45, 2.75) is 44.4 Å². The van der Waals surface area contributed by atoms with Gasteiger partial charge in [-0.2, -0.15) is 10.2 Å². The summed E-state index contributed by atoms with van der Waals surface area (Å²) in [5.74, 6) is -2.68. The van der Waals surface area contributed by atoms with Gasteiger partial charge in [0.25, 0.3) is 5.91 Å². The Morgan fingerprint density at radius 2 is 1.96 bits per heavy atom. The Kier molecular flexibility index (Phi) is 10.8. The lowest BCUT2D eigenvalue weighted by atomic mass is 10.0. The Bertz CT molecular complexity index is 1590. The number of piperazine rings is 1. The largest absolute Gasteiger partial charge is 0.483 e. The average Bonchev–Trinajstić information content (AvgIpc) is 3.02. The van der Waals surface area contributed by atoms with Crippen LogP contribution in [0.3, 0.4) is 0 Å². The van der Waals surface area contributed by atoms with Crippen molar-refractivity contribution in [2.24, 2.45) is 0 Å². The fourth-order valence-electron chi connectivity index (χ4n) is 5.63. The number of nitrogens with one attached hydrogen (secondary N) is 1. The minimum absolute atomic E-state index is 0. The molecule has 0 radical (unpaired) electrons. The van der Waals surface area contributed by atoms with E-state index in [4.69, 9.17) is 9.47 Å². The maximum absolute atomic E-state index is 14.9. The van der Waals surface area contributed by atoms with Crippen molar-refractivity contribution in [1.82, 2.24) is 24.8 Å². The summed E-state index contributed by atoms with van der Waals surface area (Å²) >= 11 is 0. The number of aliphatic hydroxyl groups excluding tert-OH is 1. The lowest BCUT2D eigenvalue weighted by molar-refractivity contribution is -0.165. The first-order valence-electron chi connectivity index (χ1n) is 14.6. The summed E-state index contributed by atoms with van der Waals surface area (Å²) < 4.78 is 41.0. The van der Waals surface area contributed by atoms with Gasteiger partial charge in [-0.25, -0.2) is 18.7 Å². The highest BCUT2D eigenvalue weighted by Gasteiger charge is 2.48. The molecule has 0 saturated carbocycles. The van der Waals surface area contributed by atoms with Gasteiger partial charge in [-0.15, -0.1) is 12.4 Å². The van der Waals surface area contributed by atoms with Crippen molar-refractivity contribution in [3.8, 4) is 29.0 Å². The maximum Gasteiger partial charge on any atom is 0.301 e. The number of carbonyl (C=O) groups excluding carboxylic acids is 1. The fraction of sp³-hybridized carbons (Fsp3) is 0.452. The maximum atomic E-state index is 14.9. The number of nitriles is 1. The SMILES string of the molecule is COc1nc(Nc2cc(-c3ccc(OC4CCN(C(=O)[C@@H](C)O)CC4(F)F)c(C#N)c3)ncn2)ccc1N1CCN(C)C[C@H]1C.Cl. The van der Waals surface area contributed by atoms with Crippen LogP contribution in [0.2, 0.25) is 0 Å². The topological polar surface area (TPSA) is 140 Å². The highest BCUT2D eigenvalue weighted by atomic mass is 35.5. The van der Waals surface area contributed by atoms with Gasteiger partial charge in [-0.05, 0) is 51.2 Å². The van der Waals surface area contributed by atoms with Crippen LogP contribution in [0.25, 0.3) is 11.3 Å². The van der Waals surface area contributed by atoms with Gasteiger partial charge in [0, 0.05) is 50.3 Å². The molecule has 1 amide bonds. The lowest BCUT2D eigenvalue weighted by Gasteiger charge is -2.40. The third kappa shape index (κ3) is 7.55. The van der Waals surface area contributed by atoms with Gasteiger partial charge in [-0.3, -0.25) is 4.79 Å². The number of hydrogen-bond donors (Lipinski definition) is 2. The first kappa shape index (κ1) is 34.6.